The van der Waals surface area contributed by atoms with Crippen LogP contribution in [0.15, 0.2) is 53.0 Å². The van der Waals surface area contributed by atoms with Crippen LogP contribution in [0.2, 0.25) is 0 Å². The third kappa shape index (κ3) is 4.39. The largest absolute Gasteiger partial charge is 0.484 e. The molecule has 0 aromatic heterocycles. The number of nitrogens with one attached hydrogen (secondary N) is 3. The molecular weight excluding hydrogens is 382 g/mol. The van der Waals surface area contributed by atoms with Crippen LogP contribution in [0.25, 0.3) is 0 Å². The Morgan fingerprint density at radius 1 is 1.16 bits per heavy atom. The average Bonchev–Trinajstić information content (AvgIpc) is 2.95. The molecule has 3 rings (SSSR count). The van der Waals surface area contributed by atoms with Crippen LogP contribution < -0.4 is 20.9 Å². The van der Waals surface area contributed by atoms with Crippen molar-refractivity contribution in [1.82, 2.24) is 16.2 Å². The molecule has 0 saturated carbocycles. The first-order valence-electron chi connectivity index (χ1n) is 8.29. The Balaban J connectivity index is 1.61. The summed E-state index contributed by atoms with van der Waals surface area (Å²) in [4.78, 5) is 12.3. The molecule has 1 saturated heterocycles. The maximum absolute atomic E-state index is 12.3. The second-order valence-electron chi connectivity index (χ2n) is 6.25. The molecule has 1 fully saturated rings. The highest BCUT2D eigenvalue weighted by atomic mass is 79.9. The zero-order valence-electron chi connectivity index (χ0n) is 14.3. The van der Waals surface area contributed by atoms with Crippen molar-refractivity contribution in [1.29, 1.82) is 0 Å². The molecular formula is C19H22BrN3O2. The molecule has 132 valence electrons. The van der Waals surface area contributed by atoms with Gasteiger partial charge in [0.15, 0.2) is 6.61 Å². The molecule has 2 aromatic carbocycles. The number of para-hydroxylation sites is 1. The van der Waals surface area contributed by atoms with Gasteiger partial charge in [0.1, 0.15) is 11.9 Å². The second-order valence-corrected chi connectivity index (χ2v) is 7.17. The molecule has 1 aliphatic rings. The van der Waals surface area contributed by atoms with Gasteiger partial charge in [0.25, 0.3) is 5.91 Å². The minimum Gasteiger partial charge on any atom is -0.484 e. The minimum atomic E-state index is -0.191. The quantitative estimate of drug-likeness (QED) is 0.718. The van der Waals surface area contributed by atoms with Crippen LogP contribution in [-0.4, -0.2) is 24.7 Å². The molecule has 3 atom stereocenters. The highest BCUT2D eigenvalue weighted by molar-refractivity contribution is 9.10. The van der Waals surface area contributed by atoms with Crippen molar-refractivity contribution in [2.24, 2.45) is 0 Å². The van der Waals surface area contributed by atoms with Crippen molar-refractivity contribution in [3.63, 3.8) is 0 Å². The van der Waals surface area contributed by atoms with Gasteiger partial charge in [-0.3, -0.25) is 10.2 Å². The summed E-state index contributed by atoms with van der Waals surface area (Å²) < 4.78 is 6.66. The van der Waals surface area contributed by atoms with E-state index in [9.17, 15) is 4.79 Å². The van der Waals surface area contributed by atoms with E-state index in [2.05, 4.69) is 51.2 Å². The summed E-state index contributed by atoms with van der Waals surface area (Å²) in [6.07, 6.45) is -0.191. The fourth-order valence-electron chi connectivity index (χ4n) is 3.06. The van der Waals surface area contributed by atoms with E-state index >= 15 is 0 Å². The summed E-state index contributed by atoms with van der Waals surface area (Å²) in [6.45, 7) is 4.04. The highest BCUT2D eigenvalue weighted by Gasteiger charge is 2.35. The summed E-state index contributed by atoms with van der Waals surface area (Å²) in [7, 11) is 0. The highest BCUT2D eigenvalue weighted by Crippen LogP contribution is 2.27. The van der Waals surface area contributed by atoms with Crippen molar-refractivity contribution in [2.75, 3.05) is 6.61 Å². The molecule has 6 heteroatoms. The zero-order chi connectivity index (χ0) is 17.8. The molecule has 1 heterocycles. The first kappa shape index (κ1) is 17.9. The molecule has 0 radical (unpaired) electrons. The Hall–Kier alpha value is -1.89. The van der Waals surface area contributed by atoms with E-state index in [4.69, 9.17) is 4.74 Å². The lowest BCUT2D eigenvalue weighted by molar-refractivity contribution is -0.124. The van der Waals surface area contributed by atoms with Crippen molar-refractivity contribution in [3.8, 4) is 5.75 Å². The summed E-state index contributed by atoms with van der Waals surface area (Å²) in [5.41, 5.74) is 8.54. The number of carbonyl (C=O) groups is 1. The van der Waals surface area contributed by atoms with E-state index in [-0.39, 0.29) is 30.6 Å². The lowest BCUT2D eigenvalue weighted by Gasteiger charge is -2.22. The third-order valence-electron chi connectivity index (χ3n) is 4.39. The maximum Gasteiger partial charge on any atom is 0.259 e. The SMILES string of the molecule is Cc1ccccc1OCC(=O)NC1NNC(C)C1c1ccc(Br)cc1. The summed E-state index contributed by atoms with van der Waals surface area (Å²) in [6, 6.07) is 16.0. The molecule has 0 spiro atoms. The number of hydrogen-bond acceptors (Lipinski definition) is 4. The van der Waals surface area contributed by atoms with E-state index < -0.39 is 0 Å². The topological polar surface area (TPSA) is 62.4 Å². The van der Waals surface area contributed by atoms with E-state index in [1.54, 1.807) is 0 Å². The molecule has 25 heavy (non-hydrogen) atoms. The number of aryl methyl sites for hydroxylation is 1. The Morgan fingerprint density at radius 2 is 1.88 bits per heavy atom. The van der Waals surface area contributed by atoms with Gasteiger partial charge in [-0.2, -0.15) is 0 Å². The number of halogens is 1. The van der Waals surface area contributed by atoms with Crippen LogP contribution in [0.3, 0.4) is 0 Å². The van der Waals surface area contributed by atoms with Gasteiger partial charge in [0.05, 0.1) is 0 Å². The molecule has 0 aliphatic carbocycles. The van der Waals surface area contributed by atoms with Gasteiger partial charge in [-0.1, -0.05) is 46.3 Å². The normalized spacial score (nSPS) is 22.6. The molecule has 0 bridgehead atoms. The van der Waals surface area contributed by atoms with E-state index in [0.717, 1.165) is 15.8 Å². The van der Waals surface area contributed by atoms with Gasteiger partial charge in [-0.05, 0) is 43.2 Å². The summed E-state index contributed by atoms with van der Waals surface area (Å²) in [5.74, 6) is 0.710. The van der Waals surface area contributed by atoms with Crippen LogP contribution in [0, 0.1) is 6.92 Å². The monoisotopic (exact) mass is 403 g/mol. The van der Waals surface area contributed by atoms with E-state index in [1.807, 2.05) is 43.3 Å². The van der Waals surface area contributed by atoms with Gasteiger partial charge in [0.2, 0.25) is 0 Å². The van der Waals surface area contributed by atoms with Crippen molar-refractivity contribution < 1.29 is 9.53 Å². The van der Waals surface area contributed by atoms with Gasteiger partial charge in [-0.15, -0.1) is 0 Å². The molecule has 1 aliphatic heterocycles. The lowest BCUT2D eigenvalue weighted by Crippen LogP contribution is -2.47. The number of benzene rings is 2. The van der Waals surface area contributed by atoms with Gasteiger partial charge >= 0.3 is 0 Å². The van der Waals surface area contributed by atoms with Gasteiger partial charge in [-0.25, -0.2) is 5.43 Å². The molecule has 1 amide bonds. The zero-order valence-corrected chi connectivity index (χ0v) is 15.8. The maximum atomic E-state index is 12.3. The lowest BCUT2D eigenvalue weighted by atomic mass is 9.91. The Bertz CT molecular complexity index is 736. The predicted octanol–water partition coefficient (Wildman–Crippen LogP) is 2.86. The number of rotatable bonds is 5. The van der Waals surface area contributed by atoms with Crippen LogP contribution in [0.1, 0.15) is 24.0 Å². The standard InChI is InChI=1S/C19H22BrN3O2/c1-12-5-3-4-6-16(12)25-11-17(24)21-19-18(13(2)22-23-19)14-7-9-15(20)10-8-14/h3-10,13,18-19,22-23H,11H2,1-2H3,(H,21,24). The minimum absolute atomic E-state index is 0.00945. The Labute approximate surface area is 156 Å². The molecule has 3 N–H and O–H groups in total. The molecule has 3 unspecified atom stereocenters. The first-order chi connectivity index (χ1) is 12.0. The van der Waals surface area contributed by atoms with Crippen molar-refractivity contribution >= 4 is 21.8 Å². The van der Waals surface area contributed by atoms with Crippen LogP contribution in [0.5, 0.6) is 5.75 Å². The van der Waals surface area contributed by atoms with Gasteiger partial charge in [0, 0.05) is 16.4 Å². The number of carbonyl (C=O) groups excluding carboxylic acids is 1. The average molecular weight is 404 g/mol. The predicted molar refractivity (Wildman–Crippen MR) is 101 cm³/mol. The smallest absolute Gasteiger partial charge is 0.259 e. The van der Waals surface area contributed by atoms with Crippen molar-refractivity contribution in [2.45, 2.75) is 32.0 Å². The van der Waals surface area contributed by atoms with Crippen LogP contribution >= 0.6 is 15.9 Å². The number of hydrogen-bond donors (Lipinski definition) is 3. The number of hydrazine groups is 1. The Morgan fingerprint density at radius 3 is 2.60 bits per heavy atom. The van der Waals surface area contributed by atoms with E-state index in [1.165, 1.54) is 5.56 Å². The molecule has 2 aromatic rings. The summed E-state index contributed by atoms with van der Waals surface area (Å²) in [5, 5.41) is 3.01. The van der Waals surface area contributed by atoms with Crippen molar-refractivity contribution in [3.05, 3.63) is 64.1 Å². The third-order valence-corrected chi connectivity index (χ3v) is 4.92. The fourth-order valence-corrected chi connectivity index (χ4v) is 3.32. The van der Waals surface area contributed by atoms with Crippen LogP contribution in [0.4, 0.5) is 0 Å². The summed E-state index contributed by atoms with van der Waals surface area (Å²) >= 11 is 3.46. The van der Waals surface area contributed by atoms with E-state index in [0.29, 0.717) is 0 Å². The number of amides is 1. The number of ether oxygens (including phenoxy) is 1. The molecule has 5 nitrogen and oxygen atoms in total. The fraction of sp³-hybridized carbons (Fsp3) is 0.316. The first-order valence-corrected chi connectivity index (χ1v) is 9.08. The van der Waals surface area contributed by atoms with Crippen LogP contribution in [-0.2, 0) is 4.79 Å². The Kier molecular flexibility index (Phi) is 5.73. The van der Waals surface area contributed by atoms with Gasteiger partial charge < -0.3 is 10.1 Å². The second kappa shape index (κ2) is 7.99.